The second-order valence-electron chi connectivity index (χ2n) is 4.61. The number of carbonyl (C=O) groups is 1. The van der Waals surface area contributed by atoms with Crippen molar-refractivity contribution in [3.05, 3.63) is 58.6 Å². The molecule has 0 aliphatic heterocycles. The van der Waals surface area contributed by atoms with E-state index >= 15 is 0 Å². The molecule has 5 heteroatoms. The Balaban J connectivity index is 1.99. The molecule has 0 saturated heterocycles. The molecule has 0 aliphatic carbocycles. The van der Waals surface area contributed by atoms with Crippen molar-refractivity contribution in [1.29, 1.82) is 0 Å². The van der Waals surface area contributed by atoms with E-state index in [1.807, 2.05) is 25.1 Å². The van der Waals surface area contributed by atoms with Crippen molar-refractivity contribution in [2.24, 2.45) is 5.73 Å². The summed E-state index contributed by atoms with van der Waals surface area (Å²) in [5.74, 6) is 0.421. The molecule has 1 amide bonds. The maximum absolute atomic E-state index is 11.9. The van der Waals surface area contributed by atoms with Gasteiger partial charge in [-0.15, -0.1) is 0 Å². The van der Waals surface area contributed by atoms with Crippen molar-refractivity contribution in [2.45, 2.75) is 13.5 Å². The van der Waals surface area contributed by atoms with Crippen molar-refractivity contribution >= 4 is 23.2 Å². The average Bonchev–Trinajstić information content (AvgIpc) is 2.45. The largest absolute Gasteiger partial charge is 0.483 e. The predicted octanol–water partition coefficient (Wildman–Crippen LogP) is 3.12. The molecule has 0 aliphatic rings. The number of benzene rings is 2. The fourth-order valence-corrected chi connectivity index (χ4v) is 2.17. The number of anilines is 1. The number of halogens is 1. The zero-order chi connectivity index (χ0) is 15.2. The molecule has 0 atom stereocenters. The summed E-state index contributed by atoms with van der Waals surface area (Å²) in [6.45, 7) is 2.21. The van der Waals surface area contributed by atoms with Crippen LogP contribution in [-0.2, 0) is 11.3 Å². The van der Waals surface area contributed by atoms with E-state index in [4.69, 9.17) is 22.1 Å². The maximum Gasteiger partial charge on any atom is 0.262 e. The Hall–Kier alpha value is -2.04. The Kier molecular flexibility index (Phi) is 5.20. The summed E-state index contributed by atoms with van der Waals surface area (Å²) in [6.07, 6.45) is 0. The lowest BCUT2D eigenvalue weighted by Gasteiger charge is -2.13. The van der Waals surface area contributed by atoms with Gasteiger partial charge in [-0.3, -0.25) is 4.79 Å². The van der Waals surface area contributed by atoms with Gasteiger partial charge in [-0.1, -0.05) is 35.9 Å². The minimum absolute atomic E-state index is 0.0790. The third-order valence-corrected chi connectivity index (χ3v) is 3.20. The minimum Gasteiger partial charge on any atom is -0.483 e. The Bertz CT molecular complexity index is 644. The summed E-state index contributed by atoms with van der Waals surface area (Å²) in [5.41, 5.74) is 8.14. The molecule has 0 bridgehead atoms. The summed E-state index contributed by atoms with van der Waals surface area (Å²) in [5, 5.41) is 3.30. The van der Waals surface area contributed by atoms with Gasteiger partial charge >= 0.3 is 0 Å². The number of hydrogen-bond acceptors (Lipinski definition) is 3. The van der Waals surface area contributed by atoms with Gasteiger partial charge in [-0.2, -0.15) is 0 Å². The van der Waals surface area contributed by atoms with Crippen LogP contribution < -0.4 is 15.8 Å². The first-order valence-electron chi connectivity index (χ1n) is 6.57. The molecule has 0 radical (unpaired) electrons. The molecule has 0 saturated carbocycles. The zero-order valence-corrected chi connectivity index (χ0v) is 12.5. The first-order valence-corrected chi connectivity index (χ1v) is 6.94. The van der Waals surface area contributed by atoms with Crippen molar-refractivity contribution in [3.8, 4) is 5.75 Å². The normalized spacial score (nSPS) is 10.2. The van der Waals surface area contributed by atoms with Gasteiger partial charge in [-0.05, 0) is 30.7 Å². The summed E-state index contributed by atoms with van der Waals surface area (Å²) in [4.78, 5) is 11.9. The van der Waals surface area contributed by atoms with E-state index in [9.17, 15) is 4.79 Å². The minimum atomic E-state index is -0.247. The van der Waals surface area contributed by atoms with Crippen LogP contribution in [0.2, 0.25) is 5.02 Å². The Morgan fingerprint density at radius 2 is 2.05 bits per heavy atom. The number of para-hydroxylation sites is 1. The molecule has 0 aromatic heterocycles. The maximum atomic E-state index is 11.9. The molecular formula is C16H17ClN2O2. The highest BCUT2D eigenvalue weighted by Crippen LogP contribution is 2.23. The lowest BCUT2D eigenvalue weighted by molar-refractivity contribution is -0.118. The van der Waals surface area contributed by atoms with Crippen LogP contribution in [0.5, 0.6) is 5.75 Å². The fourth-order valence-electron chi connectivity index (χ4n) is 1.98. The van der Waals surface area contributed by atoms with Gasteiger partial charge in [0.2, 0.25) is 0 Å². The molecular weight excluding hydrogens is 288 g/mol. The second-order valence-corrected chi connectivity index (χ2v) is 5.05. The zero-order valence-electron chi connectivity index (χ0n) is 11.7. The van der Waals surface area contributed by atoms with Gasteiger partial charge in [0.1, 0.15) is 5.75 Å². The van der Waals surface area contributed by atoms with Gasteiger partial charge < -0.3 is 15.8 Å². The molecule has 2 rings (SSSR count). The molecule has 3 N–H and O–H groups in total. The topological polar surface area (TPSA) is 64.3 Å². The van der Waals surface area contributed by atoms with Crippen LogP contribution in [-0.4, -0.2) is 12.5 Å². The van der Waals surface area contributed by atoms with Crippen LogP contribution in [0.1, 0.15) is 11.1 Å². The molecule has 21 heavy (non-hydrogen) atoms. The van der Waals surface area contributed by atoms with Crippen molar-refractivity contribution in [2.75, 3.05) is 11.9 Å². The molecule has 2 aromatic carbocycles. The third-order valence-electron chi connectivity index (χ3n) is 2.97. The molecule has 0 heterocycles. The Morgan fingerprint density at radius 1 is 1.29 bits per heavy atom. The van der Waals surface area contributed by atoms with Crippen molar-refractivity contribution < 1.29 is 9.53 Å². The molecule has 2 aromatic rings. The van der Waals surface area contributed by atoms with Crippen LogP contribution in [0.3, 0.4) is 0 Å². The van der Waals surface area contributed by atoms with Gasteiger partial charge in [0, 0.05) is 22.8 Å². The van der Waals surface area contributed by atoms with Crippen LogP contribution >= 0.6 is 11.6 Å². The van der Waals surface area contributed by atoms with E-state index in [0.717, 1.165) is 11.1 Å². The lowest BCUT2D eigenvalue weighted by Crippen LogP contribution is -2.21. The number of hydrogen-bond donors (Lipinski definition) is 2. The second kappa shape index (κ2) is 7.11. The standard InChI is InChI=1S/C16H17ClN2O2/c1-11-4-2-5-12(9-18)16(11)21-10-15(20)19-14-7-3-6-13(17)8-14/h2-8H,9-10,18H2,1H3,(H,19,20). The summed E-state index contributed by atoms with van der Waals surface area (Å²) >= 11 is 5.87. The first kappa shape index (κ1) is 15.4. The van der Waals surface area contributed by atoms with Crippen molar-refractivity contribution in [1.82, 2.24) is 0 Å². The molecule has 4 nitrogen and oxygen atoms in total. The van der Waals surface area contributed by atoms with E-state index in [2.05, 4.69) is 5.32 Å². The molecule has 110 valence electrons. The highest BCUT2D eigenvalue weighted by molar-refractivity contribution is 6.30. The predicted molar refractivity (Wildman–Crippen MR) is 84.6 cm³/mol. The van der Waals surface area contributed by atoms with E-state index in [1.165, 1.54) is 0 Å². The van der Waals surface area contributed by atoms with Crippen LogP contribution in [0.25, 0.3) is 0 Å². The van der Waals surface area contributed by atoms with E-state index in [-0.39, 0.29) is 12.5 Å². The fraction of sp³-hybridized carbons (Fsp3) is 0.188. The van der Waals surface area contributed by atoms with E-state index < -0.39 is 0 Å². The number of aryl methyl sites for hydroxylation is 1. The number of nitrogens with one attached hydrogen (secondary N) is 1. The summed E-state index contributed by atoms with van der Waals surface area (Å²) in [6, 6.07) is 12.7. The number of nitrogens with two attached hydrogens (primary N) is 1. The number of ether oxygens (including phenoxy) is 1. The SMILES string of the molecule is Cc1cccc(CN)c1OCC(=O)Nc1cccc(Cl)c1. The first-order chi connectivity index (χ1) is 10.1. The highest BCUT2D eigenvalue weighted by Gasteiger charge is 2.09. The Labute approximate surface area is 128 Å². The Morgan fingerprint density at radius 3 is 2.76 bits per heavy atom. The van der Waals surface area contributed by atoms with Gasteiger partial charge in [0.05, 0.1) is 0 Å². The van der Waals surface area contributed by atoms with Crippen LogP contribution in [0.4, 0.5) is 5.69 Å². The van der Waals surface area contributed by atoms with Crippen molar-refractivity contribution in [3.63, 3.8) is 0 Å². The smallest absolute Gasteiger partial charge is 0.262 e. The third kappa shape index (κ3) is 4.21. The average molecular weight is 305 g/mol. The number of amides is 1. The highest BCUT2D eigenvalue weighted by atomic mass is 35.5. The monoisotopic (exact) mass is 304 g/mol. The van der Waals surface area contributed by atoms with E-state index in [1.54, 1.807) is 24.3 Å². The molecule has 0 fully saturated rings. The lowest BCUT2D eigenvalue weighted by atomic mass is 10.1. The molecule has 0 spiro atoms. The summed E-state index contributed by atoms with van der Waals surface area (Å²) < 4.78 is 5.60. The van der Waals surface area contributed by atoms with E-state index in [0.29, 0.717) is 23.0 Å². The molecule has 0 unspecified atom stereocenters. The van der Waals surface area contributed by atoms with Crippen LogP contribution in [0.15, 0.2) is 42.5 Å². The number of rotatable bonds is 5. The quantitative estimate of drug-likeness (QED) is 0.892. The number of carbonyl (C=O) groups excluding carboxylic acids is 1. The van der Waals surface area contributed by atoms with Gasteiger partial charge in [-0.25, -0.2) is 0 Å². The summed E-state index contributed by atoms with van der Waals surface area (Å²) in [7, 11) is 0. The van der Waals surface area contributed by atoms with Gasteiger partial charge in [0.15, 0.2) is 6.61 Å². The van der Waals surface area contributed by atoms with Crippen LogP contribution in [0, 0.1) is 6.92 Å². The van der Waals surface area contributed by atoms with Gasteiger partial charge in [0.25, 0.3) is 5.91 Å².